The van der Waals surface area contributed by atoms with Gasteiger partial charge in [-0.2, -0.15) is 0 Å². The number of methoxy groups -OCH3 is 1. The Kier molecular flexibility index (Phi) is 5.46. The minimum Gasteiger partial charge on any atom is -0.468 e. The van der Waals surface area contributed by atoms with Gasteiger partial charge in [-0.3, -0.25) is 9.59 Å². The zero-order valence-corrected chi connectivity index (χ0v) is 11.3. The van der Waals surface area contributed by atoms with Crippen LogP contribution >= 0.6 is 15.9 Å². The molecule has 0 aromatic heterocycles. The van der Waals surface area contributed by atoms with Crippen LogP contribution in [0.4, 0.5) is 0 Å². The van der Waals surface area contributed by atoms with Gasteiger partial charge in [0, 0.05) is 11.8 Å². The van der Waals surface area contributed by atoms with Crippen molar-refractivity contribution in [2.75, 3.05) is 12.4 Å². The van der Waals surface area contributed by atoms with Crippen molar-refractivity contribution in [3.8, 4) is 0 Å². The Morgan fingerprint density at radius 3 is 2.69 bits per heavy atom. The molecule has 4 heteroatoms. The zero-order valence-electron chi connectivity index (χ0n) is 9.76. The summed E-state index contributed by atoms with van der Waals surface area (Å²) in [6, 6.07) is 0. The third-order valence-electron chi connectivity index (χ3n) is 3.35. The molecule has 92 valence electrons. The number of alkyl halides is 1. The lowest BCUT2D eigenvalue weighted by Gasteiger charge is -2.23. The van der Waals surface area contributed by atoms with Crippen molar-refractivity contribution < 1.29 is 14.3 Å². The molecular weight excluding hydrogens is 272 g/mol. The monoisotopic (exact) mass is 290 g/mol. The first-order valence-corrected chi connectivity index (χ1v) is 6.97. The lowest BCUT2D eigenvalue weighted by molar-refractivity contribution is -0.157. The molecule has 0 aromatic rings. The zero-order chi connectivity index (χ0) is 12.0. The molecule has 1 atom stereocenters. The number of hydrogen-bond acceptors (Lipinski definition) is 3. The molecule has 1 fully saturated rings. The Hall–Kier alpha value is -0.380. The maximum Gasteiger partial charge on any atom is 0.319 e. The summed E-state index contributed by atoms with van der Waals surface area (Å²) in [5.74, 6) is -0.243. The topological polar surface area (TPSA) is 43.4 Å². The van der Waals surface area contributed by atoms with Crippen LogP contribution in [0, 0.1) is 5.41 Å². The van der Waals surface area contributed by atoms with E-state index < -0.39 is 5.41 Å². The van der Waals surface area contributed by atoms with E-state index in [1.807, 2.05) is 0 Å². The first kappa shape index (κ1) is 13.7. The van der Waals surface area contributed by atoms with Gasteiger partial charge in [-0.05, 0) is 25.7 Å². The maximum absolute atomic E-state index is 11.9. The fourth-order valence-electron chi connectivity index (χ4n) is 2.41. The second kappa shape index (κ2) is 6.38. The summed E-state index contributed by atoms with van der Waals surface area (Å²) >= 11 is 3.37. The molecule has 1 saturated carbocycles. The van der Waals surface area contributed by atoms with E-state index in [1.54, 1.807) is 0 Å². The summed E-state index contributed by atoms with van der Waals surface area (Å²) in [4.78, 5) is 23.6. The van der Waals surface area contributed by atoms with Crippen molar-refractivity contribution in [2.24, 2.45) is 5.41 Å². The summed E-state index contributed by atoms with van der Waals surface area (Å²) in [6.07, 6.45) is 5.76. The van der Waals surface area contributed by atoms with Gasteiger partial charge in [0.15, 0.2) is 0 Å². The third-order valence-corrected chi connectivity index (χ3v) is 3.92. The van der Waals surface area contributed by atoms with Crippen molar-refractivity contribution >= 4 is 27.7 Å². The van der Waals surface area contributed by atoms with Crippen LogP contribution in [0.5, 0.6) is 0 Å². The van der Waals surface area contributed by atoms with E-state index >= 15 is 0 Å². The van der Waals surface area contributed by atoms with Crippen molar-refractivity contribution in [1.29, 1.82) is 0 Å². The molecule has 0 amide bonds. The number of ketones is 1. The van der Waals surface area contributed by atoms with Crippen LogP contribution in [-0.2, 0) is 14.3 Å². The minimum atomic E-state index is -0.805. The van der Waals surface area contributed by atoms with Crippen LogP contribution in [-0.4, -0.2) is 24.2 Å². The molecule has 1 aliphatic carbocycles. The van der Waals surface area contributed by atoms with E-state index in [4.69, 9.17) is 4.74 Å². The molecule has 3 nitrogen and oxygen atoms in total. The van der Waals surface area contributed by atoms with Crippen molar-refractivity contribution in [3.63, 3.8) is 0 Å². The maximum atomic E-state index is 11.9. The fourth-order valence-corrected chi connectivity index (χ4v) is 2.80. The molecule has 0 N–H and O–H groups in total. The highest BCUT2D eigenvalue weighted by Crippen LogP contribution is 2.40. The average Bonchev–Trinajstić information content (AvgIpc) is 2.66. The Labute approximate surface area is 105 Å². The predicted molar refractivity (Wildman–Crippen MR) is 65.6 cm³/mol. The average molecular weight is 291 g/mol. The van der Waals surface area contributed by atoms with Crippen LogP contribution in [0.2, 0.25) is 0 Å². The van der Waals surface area contributed by atoms with Gasteiger partial charge >= 0.3 is 5.97 Å². The Bertz CT molecular complexity index is 265. The minimum absolute atomic E-state index is 0.0817. The molecule has 1 unspecified atom stereocenters. The number of Topliss-reactive ketones (excluding diaryl/α,β-unsaturated/α-hetero) is 1. The largest absolute Gasteiger partial charge is 0.468 e. The standard InChI is InChI=1S/C12H19BrO3/c1-16-11(15)12(7-3-2-4-9-13)8-5-6-10(12)14/h2-9H2,1H3. The van der Waals surface area contributed by atoms with E-state index in [9.17, 15) is 9.59 Å². The normalized spacial score (nSPS) is 24.8. The summed E-state index contributed by atoms with van der Waals surface area (Å²) in [7, 11) is 1.37. The summed E-state index contributed by atoms with van der Waals surface area (Å²) in [5.41, 5.74) is -0.805. The molecule has 0 bridgehead atoms. The molecular formula is C12H19BrO3. The van der Waals surface area contributed by atoms with E-state index in [-0.39, 0.29) is 11.8 Å². The number of halogens is 1. The smallest absolute Gasteiger partial charge is 0.319 e. The third kappa shape index (κ3) is 2.84. The first-order chi connectivity index (χ1) is 7.67. The summed E-state index contributed by atoms with van der Waals surface area (Å²) in [6.45, 7) is 0. The highest BCUT2D eigenvalue weighted by Gasteiger charge is 2.48. The van der Waals surface area contributed by atoms with E-state index in [0.29, 0.717) is 19.3 Å². The second-order valence-corrected chi connectivity index (χ2v) is 5.14. The number of esters is 1. The van der Waals surface area contributed by atoms with Gasteiger partial charge in [0.25, 0.3) is 0 Å². The van der Waals surface area contributed by atoms with Gasteiger partial charge < -0.3 is 4.74 Å². The quantitative estimate of drug-likeness (QED) is 0.327. The number of hydrogen-bond donors (Lipinski definition) is 0. The molecule has 0 heterocycles. The van der Waals surface area contributed by atoms with Crippen LogP contribution in [0.1, 0.15) is 44.9 Å². The van der Waals surface area contributed by atoms with E-state index in [0.717, 1.165) is 31.0 Å². The molecule has 0 aliphatic heterocycles. The number of carbonyl (C=O) groups is 2. The van der Waals surface area contributed by atoms with Crippen LogP contribution in [0.3, 0.4) is 0 Å². The number of unbranched alkanes of at least 4 members (excludes halogenated alkanes) is 2. The summed E-state index contributed by atoms with van der Waals surface area (Å²) in [5, 5.41) is 0.978. The van der Waals surface area contributed by atoms with Gasteiger partial charge in [0.05, 0.1) is 7.11 Å². The fraction of sp³-hybridized carbons (Fsp3) is 0.833. The van der Waals surface area contributed by atoms with Crippen molar-refractivity contribution in [1.82, 2.24) is 0 Å². The Morgan fingerprint density at radius 1 is 1.44 bits per heavy atom. The van der Waals surface area contributed by atoms with Crippen molar-refractivity contribution in [2.45, 2.75) is 44.9 Å². The van der Waals surface area contributed by atoms with Crippen LogP contribution < -0.4 is 0 Å². The van der Waals surface area contributed by atoms with Gasteiger partial charge in [0.1, 0.15) is 11.2 Å². The molecule has 0 radical (unpaired) electrons. The highest BCUT2D eigenvalue weighted by atomic mass is 79.9. The highest BCUT2D eigenvalue weighted by molar-refractivity contribution is 9.09. The lowest BCUT2D eigenvalue weighted by Crippen LogP contribution is -2.36. The van der Waals surface area contributed by atoms with E-state index in [1.165, 1.54) is 7.11 Å². The van der Waals surface area contributed by atoms with Gasteiger partial charge in [-0.15, -0.1) is 0 Å². The molecule has 1 rings (SSSR count). The van der Waals surface area contributed by atoms with Gasteiger partial charge in [-0.1, -0.05) is 28.8 Å². The van der Waals surface area contributed by atoms with Gasteiger partial charge in [0.2, 0.25) is 0 Å². The molecule has 1 aliphatic rings. The lowest BCUT2D eigenvalue weighted by atomic mass is 9.80. The number of ether oxygens (including phenoxy) is 1. The van der Waals surface area contributed by atoms with E-state index in [2.05, 4.69) is 15.9 Å². The van der Waals surface area contributed by atoms with Gasteiger partial charge in [-0.25, -0.2) is 0 Å². The van der Waals surface area contributed by atoms with Crippen molar-refractivity contribution in [3.05, 3.63) is 0 Å². The molecule has 0 saturated heterocycles. The Balaban J connectivity index is 2.58. The second-order valence-electron chi connectivity index (χ2n) is 4.35. The number of rotatable bonds is 6. The van der Waals surface area contributed by atoms with Crippen LogP contribution in [0.15, 0.2) is 0 Å². The molecule has 0 spiro atoms. The molecule has 0 aromatic carbocycles. The summed E-state index contributed by atoms with van der Waals surface area (Å²) < 4.78 is 4.80. The van der Waals surface area contributed by atoms with Crippen LogP contribution in [0.25, 0.3) is 0 Å². The predicted octanol–water partition coefficient (Wildman–Crippen LogP) is 2.85. The Morgan fingerprint density at radius 2 is 2.19 bits per heavy atom. The SMILES string of the molecule is COC(=O)C1(CCCCCBr)CCCC1=O. The number of carbonyl (C=O) groups excluding carboxylic acids is 2. The first-order valence-electron chi connectivity index (χ1n) is 5.85. The molecule has 16 heavy (non-hydrogen) atoms.